The third-order valence-electron chi connectivity index (χ3n) is 4.73. The van der Waals surface area contributed by atoms with Gasteiger partial charge in [-0.2, -0.15) is 0 Å². The van der Waals surface area contributed by atoms with Crippen LogP contribution in [-0.4, -0.2) is 35.7 Å². The highest BCUT2D eigenvalue weighted by Crippen LogP contribution is 2.38. The van der Waals surface area contributed by atoms with Crippen molar-refractivity contribution >= 4 is 11.7 Å². The van der Waals surface area contributed by atoms with Crippen molar-refractivity contribution in [1.82, 2.24) is 9.88 Å². The maximum atomic E-state index is 12.8. The van der Waals surface area contributed by atoms with Crippen molar-refractivity contribution in [3.05, 3.63) is 47.8 Å². The van der Waals surface area contributed by atoms with Crippen LogP contribution < -0.4 is 14.8 Å². The molecule has 6 nitrogen and oxygen atoms in total. The largest absolute Gasteiger partial charge is 0.486 e. The van der Waals surface area contributed by atoms with Crippen molar-refractivity contribution in [2.45, 2.75) is 25.8 Å². The van der Waals surface area contributed by atoms with E-state index in [1.54, 1.807) is 12.4 Å². The molecule has 25 heavy (non-hydrogen) atoms. The molecule has 6 heteroatoms. The predicted molar refractivity (Wildman–Crippen MR) is 94.1 cm³/mol. The highest BCUT2D eigenvalue weighted by atomic mass is 16.6. The van der Waals surface area contributed by atoms with Gasteiger partial charge < -0.3 is 19.7 Å². The number of likely N-dealkylation sites (tertiary alicyclic amines) is 1. The fourth-order valence-corrected chi connectivity index (χ4v) is 3.42. The lowest BCUT2D eigenvalue weighted by Crippen LogP contribution is -2.34. The van der Waals surface area contributed by atoms with Crippen LogP contribution in [0.15, 0.2) is 36.7 Å². The van der Waals surface area contributed by atoms with Crippen molar-refractivity contribution in [1.29, 1.82) is 0 Å². The fourth-order valence-electron chi connectivity index (χ4n) is 3.42. The predicted octanol–water partition coefficient (Wildman–Crippen LogP) is 3.53. The number of urea groups is 1. The molecule has 4 rings (SSSR count). The second-order valence-electron chi connectivity index (χ2n) is 6.38. The van der Waals surface area contributed by atoms with Crippen LogP contribution in [0.4, 0.5) is 10.5 Å². The normalized spacial score (nSPS) is 18.9. The molecule has 130 valence electrons. The van der Waals surface area contributed by atoms with Gasteiger partial charge in [0, 0.05) is 24.6 Å². The number of hydrogen-bond acceptors (Lipinski definition) is 4. The van der Waals surface area contributed by atoms with E-state index in [-0.39, 0.29) is 12.1 Å². The standard InChI is InChI=1S/C19H21N3O3/c1-13-12-20-7-6-15(13)21-19(23)22-8-2-3-16(22)14-4-5-17-18(11-14)25-10-9-24-17/h4-7,11-12,16H,2-3,8-10H2,1H3,(H,20,21,23). The Balaban J connectivity index is 1.54. The Hall–Kier alpha value is -2.76. The summed E-state index contributed by atoms with van der Waals surface area (Å²) in [6.07, 6.45) is 5.37. The quantitative estimate of drug-likeness (QED) is 0.909. The Bertz CT molecular complexity index is 793. The summed E-state index contributed by atoms with van der Waals surface area (Å²) in [6, 6.07) is 7.77. The molecule has 1 fully saturated rings. The van der Waals surface area contributed by atoms with Gasteiger partial charge in [0.05, 0.1) is 6.04 Å². The number of nitrogens with one attached hydrogen (secondary N) is 1. The molecular formula is C19H21N3O3. The van der Waals surface area contributed by atoms with Gasteiger partial charge in [-0.3, -0.25) is 4.98 Å². The van der Waals surface area contributed by atoms with Crippen molar-refractivity contribution in [2.24, 2.45) is 0 Å². The average Bonchev–Trinajstić information content (AvgIpc) is 3.13. The molecule has 1 atom stereocenters. The Kier molecular flexibility index (Phi) is 4.17. The van der Waals surface area contributed by atoms with Gasteiger partial charge in [-0.15, -0.1) is 0 Å². The second-order valence-corrected chi connectivity index (χ2v) is 6.38. The van der Waals surface area contributed by atoms with Crippen LogP contribution in [0.5, 0.6) is 11.5 Å². The van der Waals surface area contributed by atoms with Crippen LogP contribution in [0.1, 0.15) is 30.0 Å². The molecule has 0 bridgehead atoms. The first-order valence-corrected chi connectivity index (χ1v) is 8.60. The monoisotopic (exact) mass is 339 g/mol. The molecule has 1 aromatic carbocycles. The third kappa shape index (κ3) is 3.12. The van der Waals surface area contributed by atoms with Gasteiger partial charge in [0.25, 0.3) is 0 Å². The zero-order chi connectivity index (χ0) is 17.2. The molecule has 0 spiro atoms. The van der Waals surface area contributed by atoms with Crippen LogP contribution in [0.25, 0.3) is 0 Å². The van der Waals surface area contributed by atoms with Gasteiger partial charge in [0.2, 0.25) is 0 Å². The van der Waals surface area contributed by atoms with E-state index in [1.165, 1.54) is 0 Å². The topological polar surface area (TPSA) is 63.7 Å². The summed E-state index contributed by atoms with van der Waals surface area (Å²) in [5.41, 5.74) is 2.84. The number of hydrogen-bond donors (Lipinski definition) is 1. The molecule has 2 aromatic rings. The van der Waals surface area contributed by atoms with Crippen molar-refractivity contribution < 1.29 is 14.3 Å². The minimum absolute atomic E-state index is 0.0537. The average molecular weight is 339 g/mol. The summed E-state index contributed by atoms with van der Waals surface area (Å²) in [6.45, 7) is 3.82. The van der Waals surface area contributed by atoms with E-state index in [0.717, 1.165) is 47.7 Å². The van der Waals surface area contributed by atoms with Crippen molar-refractivity contribution in [2.75, 3.05) is 25.1 Å². The van der Waals surface area contributed by atoms with E-state index < -0.39 is 0 Å². The van der Waals surface area contributed by atoms with Gasteiger partial charge in [-0.05, 0) is 49.1 Å². The third-order valence-corrected chi connectivity index (χ3v) is 4.73. The number of ether oxygens (including phenoxy) is 2. The van der Waals surface area contributed by atoms with Crippen molar-refractivity contribution in [3.8, 4) is 11.5 Å². The molecule has 2 aliphatic rings. The summed E-state index contributed by atoms with van der Waals surface area (Å²) in [5, 5.41) is 3.01. The lowest BCUT2D eigenvalue weighted by molar-refractivity contribution is 0.170. The first kappa shape index (κ1) is 15.7. The van der Waals surface area contributed by atoms with Crippen LogP contribution >= 0.6 is 0 Å². The number of aromatic nitrogens is 1. The molecule has 0 saturated carbocycles. The fraction of sp³-hybridized carbons (Fsp3) is 0.368. The molecule has 1 N–H and O–H groups in total. The SMILES string of the molecule is Cc1cnccc1NC(=O)N1CCCC1c1ccc2c(c1)OCCO2. The number of rotatable bonds is 2. The van der Waals surface area contributed by atoms with E-state index in [2.05, 4.69) is 10.3 Å². The maximum absolute atomic E-state index is 12.8. The van der Waals surface area contributed by atoms with E-state index in [1.807, 2.05) is 36.1 Å². The molecule has 1 aromatic heterocycles. The maximum Gasteiger partial charge on any atom is 0.322 e. The van der Waals surface area contributed by atoms with Gasteiger partial charge in [-0.25, -0.2) is 4.79 Å². The number of carbonyl (C=O) groups is 1. The summed E-state index contributed by atoms with van der Waals surface area (Å²) in [5.74, 6) is 1.54. The molecule has 0 radical (unpaired) electrons. The number of anilines is 1. The number of pyridine rings is 1. The molecule has 1 saturated heterocycles. The van der Waals surface area contributed by atoms with Gasteiger partial charge in [-0.1, -0.05) is 6.07 Å². The Morgan fingerprint density at radius 3 is 2.92 bits per heavy atom. The van der Waals surface area contributed by atoms with E-state index >= 15 is 0 Å². The first-order chi connectivity index (χ1) is 12.2. The summed E-state index contributed by atoms with van der Waals surface area (Å²) >= 11 is 0. The highest BCUT2D eigenvalue weighted by molar-refractivity contribution is 5.90. The van der Waals surface area contributed by atoms with Gasteiger partial charge >= 0.3 is 6.03 Å². The Morgan fingerprint density at radius 1 is 1.24 bits per heavy atom. The molecular weight excluding hydrogens is 318 g/mol. The van der Waals surface area contributed by atoms with Crippen LogP contribution in [0.2, 0.25) is 0 Å². The summed E-state index contributed by atoms with van der Waals surface area (Å²) in [4.78, 5) is 18.7. The lowest BCUT2D eigenvalue weighted by atomic mass is 10.0. The zero-order valence-electron chi connectivity index (χ0n) is 14.2. The molecule has 1 unspecified atom stereocenters. The lowest BCUT2D eigenvalue weighted by Gasteiger charge is -2.27. The van der Waals surface area contributed by atoms with E-state index in [4.69, 9.17) is 9.47 Å². The first-order valence-electron chi connectivity index (χ1n) is 8.60. The van der Waals surface area contributed by atoms with Crippen LogP contribution in [-0.2, 0) is 0 Å². The van der Waals surface area contributed by atoms with Crippen molar-refractivity contribution in [3.63, 3.8) is 0 Å². The minimum atomic E-state index is -0.0771. The van der Waals surface area contributed by atoms with E-state index in [0.29, 0.717) is 13.2 Å². The molecule has 2 amide bonds. The number of carbonyl (C=O) groups excluding carboxylic acids is 1. The second kappa shape index (κ2) is 6.63. The summed E-state index contributed by atoms with van der Waals surface area (Å²) in [7, 11) is 0. The number of benzene rings is 1. The van der Waals surface area contributed by atoms with E-state index in [9.17, 15) is 4.79 Å². The Morgan fingerprint density at radius 2 is 2.08 bits per heavy atom. The van der Waals surface area contributed by atoms with Crippen LogP contribution in [0, 0.1) is 6.92 Å². The molecule has 0 aliphatic carbocycles. The molecule has 2 aliphatic heterocycles. The van der Waals surface area contributed by atoms with Gasteiger partial charge in [0.15, 0.2) is 11.5 Å². The Labute approximate surface area is 146 Å². The molecule has 3 heterocycles. The minimum Gasteiger partial charge on any atom is -0.486 e. The number of nitrogens with zero attached hydrogens (tertiary/aromatic N) is 2. The summed E-state index contributed by atoms with van der Waals surface area (Å²) < 4.78 is 11.3. The van der Waals surface area contributed by atoms with Gasteiger partial charge in [0.1, 0.15) is 13.2 Å². The number of aryl methyl sites for hydroxylation is 1. The number of fused-ring (bicyclic) bond motifs is 1. The number of amides is 2. The highest BCUT2D eigenvalue weighted by Gasteiger charge is 2.31. The smallest absolute Gasteiger partial charge is 0.322 e. The van der Waals surface area contributed by atoms with Crippen LogP contribution in [0.3, 0.4) is 0 Å². The zero-order valence-corrected chi connectivity index (χ0v) is 14.2.